The van der Waals surface area contributed by atoms with E-state index >= 15 is 0 Å². The molecule has 0 radical (unpaired) electrons. The molecule has 0 spiro atoms. The quantitative estimate of drug-likeness (QED) is 0.671. The molecule has 0 unspecified atom stereocenters. The minimum atomic E-state index is -0.974. The van der Waals surface area contributed by atoms with Crippen LogP contribution in [0.25, 0.3) is 5.69 Å². The number of carboxylic acids is 1. The van der Waals surface area contributed by atoms with Gasteiger partial charge in [0, 0.05) is 0 Å². The summed E-state index contributed by atoms with van der Waals surface area (Å²) in [6.07, 6.45) is 1.37. The molecule has 7 heteroatoms. The normalized spacial score (nSPS) is 11.7. The van der Waals surface area contributed by atoms with Crippen LogP contribution in [-0.4, -0.2) is 32.0 Å². The predicted octanol–water partition coefficient (Wildman–Crippen LogP) is 2.45. The molecule has 7 nitrogen and oxygen atoms in total. The van der Waals surface area contributed by atoms with E-state index in [-0.39, 0.29) is 18.7 Å². The van der Waals surface area contributed by atoms with E-state index < -0.39 is 12.0 Å². The van der Waals surface area contributed by atoms with Gasteiger partial charge in [-0.15, -0.1) is 0 Å². The summed E-state index contributed by atoms with van der Waals surface area (Å²) in [7, 11) is 0. The molecule has 0 fully saturated rings. The van der Waals surface area contributed by atoms with Crippen LogP contribution in [0.3, 0.4) is 0 Å². The molecule has 138 valence electrons. The lowest BCUT2D eigenvalue weighted by atomic mass is 9.98. The lowest BCUT2D eigenvalue weighted by molar-refractivity contribution is -0.137. The van der Waals surface area contributed by atoms with Crippen molar-refractivity contribution in [1.29, 1.82) is 0 Å². The summed E-state index contributed by atoms with van der Waals surface area (Å²) in [5.74, 6) is -1.27. The van der Waals surface area contributed by atoms with Crippen LogP contribution >= 0.6 is 0 Å². The van der Waals surface area contributed by atoms with Crippen LogP contribution in [0, 0.1) is 6.92 Å². The summed E-state index contributed by atoms with van der Waals surface area (Å²) >= 11 is 0. The van der Waals surface area contributed by atoms with Gasteiger partial charge in [0.1, 0.15) is 0 Å². The molecule has 1 heterocycles. The first-order chi connectivity index (χ1) is 13.0. The van der Waals surface area contributed by atoms with E-state index in [1.54, 1.807) is 0 Å². The van der Waals surface area contributed by atoms with E-state index in [1.165, 1.54) is 11.0 Å². The van der Waals surface area contributed by atoms with E-state index in [0.29, 0.717) is 5.69 Å². The van der Waals surface area contributed by atoms with Crippen LogP contribution in [0.4, 0.5) is 0 Å². The third kappa shape index (κ3) is 4.78. The standard InChI is InChI=1S/C20H20N4O3/c1-14-7-5-6-10-17(14)18(12-20(26)27)22-19(25)11-15-13-21-24(23-15)16-8-3-2-4-9-16/h2-10,13,18H,11-12H2,1H3,(H,22,25)(H,26,27)/t18-/m1/s1. The molecule has 3 aromatic rings. The molecule has 2 aromatic carbocycles. The first-order valence-electron chi connectivity index (χ1n) is 8.56. The molecule has 0 aliphatic rings. The minimum Gasteiger partial charge on any atom is -0.481 e. The molecular weight excluding hydrogens is 344 g/mol. The van der Waals surface area contributed by atoms with Crippen molar-refractivity contribution in [2.75, 3.05) is 0 Å². The van der Waals surface area contributed by atoms with Crippen molar-refractivity contribution in [3.05, 3.63) is 77.6 Å². The molecule has 1 aromatic heterocycles. The van der Waals surface area contributed by atoms with Crippen molar-refractivity contribution >= 4 is 11.9 Å². The van der Waals surface area contributed by atoms with Crippen LogP contribution in [0.2, 0.25) is 0 Å². The number of aliphatic carboxylic acids is 1. The van der Waals surface area contributed by atoms with Gasteiger partial charge in [-0.1, -0.05) is 42.5 Å². The Bertz CT molecular complexity index is 937. The zero-order valence-electron chi connectivity index (χ0n) is 14.9. The summed E-state index contributed by atoms with van der Waals surface area (Å²) in [4.78, 5) is 25.1. The molecular formula is C20H20N4O3. The lowest BCUT2D eigenvalue weighted by Crippen LogP contribution is -2.32. The number of aryl methyl sites for hydroxylation is 1. The maximum atomic E-state index is 12.5. The Kier molecular flexibility index (Phi) is 5.61. The molecule has 0 aliphatic carbocycles. The summed E-state index contributed by atoms with van der Waals surface area (Å²) in [5, 5.41) is 20.5. The van der Waals surface area contributed by atoms with Gasteiger partial charge in [0.25, 0.3) is 0 Å². The molecule has 1 amide bonds. The van der Waals surface area contributed by atoms with Gasteiger partial charge in [-0.05, 0) is 30.2 Å². The van der Waals surface area contributed by atoms with Gasteiger partial charge >= 0.3 is 5.97 Å². The number of carbonyl (C=O) groups is 2. The minimum absolute atomic E-state index is 0.0227. The highest BCUT2D eigenvalue weighted by atomic mass is 16.4. The van der Waals surface area contributed by atoms with E-state index in [9.17, 15) is 14.7 Å². The van der Waals surface area contributed by atoms with Crippen LogP contribution < -0.4 is 5.32 Å². The predicted molar refractivity (Wildman–Crippen MR) is 99.4 cm³/mol. The highest BCUT2D eigenvalue weighted by Gasteiger charge is 2.20. The van der Waals surface area contributed by atoms with Gasteiger partial charge in [0.05, 0.1) is 36.5 Å². The Morgan fingerprint density at radius 2 is 1.81 bits per heavy atom. The third-order valence-corrected chi connectivity index (χ3v) is 4.15. The van der Waals surface area contributed by atoms with Gasteiger partial charge < -0.3 is 10.4 Å². The number of carbonyl (C=O) groups excluding carboxylic acids is 1. The van der Waals surface area contributed by atoms with Gasteiger partial charge in [0.15, 0.2) is 0 Å². The Morgan fingerprint density at radius 1 is 1.11 bits per heavy atom. The fraction of sp³-hybridized carbons (Fsp3) is 0.200. The molecule has 0 bridgehead atoms. The number of nitrogens with one attached hydrogen (secondary N) is 1. The van der Waals surface area contributed by atoms with Gasteiger partial charge in [-0.3, -0.25) is 9.59 Å². The van der Waals surface area contributed by atoms with E-state index in [2.05, 4.69) is 15.5 Å². The fourth-order valence-corrected chi connectivity index (χ4v) is 2.86. The Hall–Kier alpha value is -3.48. The number of para-hydroxylation sites is 1. The number of benzene rings is 2. The van der Waals surface area contributed by atoms with Crippen LogP contribution in [-0.2, 0) is 16.0 Å². The van der Waals surface area contributed by atoms with Crippen molar-refractivity contribution in [2.45, 2.75) is 25.8 Å². The number of rotatable bonds is 7. The topological polar surface area (TPSA) is 97.1 Å². The van der Waals surface area contributed by atoms with Crippen molar-refractivity contribution in [1.82, 2.24) is 20.3 Å². The van der Waals surface area contributed by atoms with E-state index in [0.717, 1.165) is 16.8 Å². The Balaban J connectivity index is 1.70. The second-order valence-corrected chi connectivity index (χ2v) is 6.21. The Labute approximate surface area is 156 Å². The molecule has 2 N–H and O–H groups in total. The van der Waals surface area contributed by atoms with Crippen molar-refractivity contribution < 1.29 is 14.7 Å². The van der Waals surface area contributed by atoms with Crippen LogP contribution in [0.1, 0.15) is 29.3 Å². The highest BCUT2D eigenvalue weighted by Crippen LogP contribution is 2.21. The highest BCUT2D eigenvalue weighted by molar-refractivity contribution is 5.79. The zero-order chi connectivity index (χ0) is 19.2. The maximum Gasteiger partial charge on any atom is 0.305 e. The fourth-order valence-electron chi connectivity index (χ4n) is 2.86. The number of hydrogen-bond acceptors (Lipinski definition) is 4. The maximum absolute atomic E-state index is 12.5. The smallest absolute Gasteiger partial charge is 0.305 e. The average Bonchev–Trinajstić information content (AvgIpc) is 3.10. The zero-order valence-corrected chi connectivity index (χ0v) is 14.9. The second-order valence-electron chi connectivity index (χ2n) is 6.21. The SMILES string of the molecule is Cc1ccccc1[C@@H](CC(=O)O)NC(=O)Cc1cnn(-c2ccccc2)n1. The first kappa shape index (κ1) is 18.3. The molecule has 0 saturated heterocycles. The monoisotopic (exact) mass is 364 g/mol. The Morgan fingerprint density at radius 3 is 2.52 bits per heavy atom. The number of aromatic nitrogens is 3. The average molecular weight is 364 g/mol. The van der Waals surface area contributed by atoms with Crippen LogP contribution in [0.15, 0.2) is 60.8 Å². The van der Waals surface area contributed by atoms with E-state index in [4.69, 9.17) is 0 Å². The van der Waals surface area contributed by atoms with Crippen molar-refractivity contribution in [3.8, 4) is 5.69 Å². The van der Waals surface area contributed by atoms with Crippen LogP contribution in [0.5, 0.6) is 0 Å². The molecule has 3 rings (SSSR count). The van der Waals surface area contributed by atoms with Gasteiger partial charge in [-0.25, -0.2) is 0 Å². The van der Waals surface area contributed by atoms with Crippen molar-refractivity contribution in [2.24, 2.45) is 0 Å². The van der Waals surface area contributed by atoms with E-state index in [1.807, 2.05) is 61.5 Å². The van der Waals surface area contributed by atoms with Crippen molar-refractivity contribution in [3.63, 3.8) is 0 Å². The largest absolute Gasteiger partial charge is 0.481 e. The third-order valence-electron chi connectivity index (χ3n) is 4.15. The number of amides is 1. The number of carboxylic acid groups (broad SMARTS) is 1. The molecule has 0 saturated carbocycles. The summed E-state index contributed by atoms with van der Waals surface area (Å²) in [6.45, 7) is 1.89. The van der Waals surface area contributed by atoms with Gasteiger partial charge in [0.2, 0.25) is 5.91 Å². The number of hydrogen-bond donors (Lipinski definition) is 2. The molecule has 1 atom stereocenters. The number of nitrogens with zero attached hydrogens (tertiary/aromatic N) is 3. The summed E-state index contributed by atoms with van der Waals surface area (Å²) in [5.41, 5.74) is 3.03. The summed E-state index contributed by atoms with van der Waals surface area (Å²) in [6, 6.07) is 16.2. The molecule has 0 aliphatic heterocycles. The summed E-state index contributed by atoms with van der Waals surface area (Å²) < 4.78 is 0. The first-order valence-corrected chi connectivity index (χ1v) is 8.56. The lowest BCUT2D eigenvalue weighted by Gasteiger charge is -2.19. The van der Waals surface area contributed by atoms with Gasteiger partial charge in [-0.2, -0.15) is 15.0 Å². The second kappa shape index (κ2) is 8.27. The molecule has 27 heavy (non-hydrogen) atoms.